The van der Waals surface area contributed by atoms with E-state index in [1.165, 1.54) is 18.6 Å². The molecule has 0 saturated carbocycles. The first-order chi connectivity index (χ1) is 10.1. The summed E-state index contributed by atoms with van der Waals surface area (Å²) in [6.45, 7) is 7.10. The molecule has 0 aliphatic carbocycles. The Morgan fingerprint density at radius 3 is 2.81 bits per heavy atom. The van der Waals surface area contributed by atoms with Crippen molar-refractivity contribution in [3.63, 3.8) is 0 Å². The molecule has 0 spiro atoms. The third-order valence-corrected chi connectivity index (χ3v) is 4.82. The van der Waals surface area contributed by atoms with Gasteiger partial charge < -0.3 is 20.7 Å². The van der Waals surface area contributed by atoms with E-state index in [2.05, 4.69) is 27.9 Å². The van der Waals surface area contributed by atoms with Crippen molar-refractivity contribution < 1.29 is 9.53 Å². The van der Waals surface area contributed by atoms with Gasteiger partial charge in [-0.25, -0.2) is 4.99 Å². The molecule has 0 aromatic rings. The molecular formula is C14H28N4O2S. The van der Waals surface area contributed by atoms with E-state index in [1.54, 1.807) is 7.11 Å². The minimum atomic E-state index is -0.0919. The molecule has 1 amide bonds. The highest BCUT2D eigenvalue weighted by Crippen LogP contribution is 2.36. The number of ether oxygens (including phenoxy) is 1. The van der Waals surface area contributed by atoms with Crippen molar-refractivity contribution in [3.05, 3.63) is 0 Å². The van der Waals surface area contributed by atoms with Gasteiger partial charge in [-0.2, -0.15) is 11.8 Å². The van der Waals surface area contributed by atoms with Crippen LogP contribution in [0.5, 0.6) is 0 Å². The standard InChI is InChI=1S/C14H28N4O2S/c1-4-15-13(17-10-12(19)16-7-8-20-3)18-11-14(2)6-5-9-21-14/h4-11H2,1-3H3,(H,16,19)(H2,15,17,18). The maximum Gasteiger partial charge on any atom is 0.241 e. The molecule has 122 valence electrons. The Hall–Kier alpha value is -0.950. The van der Waals surface area contributed by atoms with Crippen molar-refractivity contribution in [1.29, 1.82) is 0 Å². The molecule has 6 nitrogen and oxygen atoms in total. The minimum Gasteiger partial charge on any atom is -0.383 e. The van der Waals surface area contributed by atoms with Crippen LogP contribution in [0.25, 0.3) is 0 Å². The molecule has 21 heavy (non-hydrogen) atoms. The van der Waals surface area contributed by atoms with E-state index in [4.69, 9.17) is 4.74 Å². The zero-order valence-corrected chi connectivity index (χ0v) is 14.1. The van der Waals surface area contributed by atoms with Gasteiger partial charge in [0, 0.05) is 31.5 Å². The van der Waals surface area contributed by atoms with Crippen LogP contribution in [0.3, 0.4) is 0 Å². The normalized spacial score (nSPS) is 22.1. The molecule has 0 aromatic heterocycles. The summed E-state index contributed by atoms with van der Waals surface area (Å²) in [6.07, 6.45) is 2.50. The largest absolute Gasteiger partial charge is 0.383 e. The summed E-state index contributed by atoms with van der Waals surface area (Å²) in [5, 5.41) is 9.27. The van der Waals surface area contributed by atoms with E-state index < -0.39 is 0 Å². The van der Waals surface area contributed by atoms with Gasteiger partial charge in [-0.3, -0.25) is 4.79 Å². The van der Waals surface area contributed by atoms with E-state index in [0.29, 0.717) is 19.1 Å². The molecule has 1 unspecified atom stereocenters. The van der Waals surface area contributed by atoms with E-state index in [1.807, 2.05) is 18.7 Å². The molecule has 0 bridgehead atoms. The first-order valence-corrected chi connectivity index (χ1v) is 8.50. The highest BCUT2D eigenvalue weighted by molar-refractivity contribution is 8.00. The Bertz CT molecular complexity index is 344. The molecule has 1 fully saturated rings. The molecule has 1 aliphatic heterocycles. The van der Waals surface area contributed by atoms with E-state index >= 15 is 0 Å². The Labute approximate surface area is 131 Å². The van der Waals surface area contributed by atoms with Gasteiger partial charge in [0.2, 0.25) is 5.91 Å². The minimum absolute atomic E-state index is 0.0919. The number of rotatable bonds is 8. The number of aliphatic imine (C=N–C) groups is 1. The summed E-state index contributed by atoms with van der Waals surface area (Å²) in [5.74, 6) is 1.84. The number of carbonyl (C=O) groups excluding carboxylic acids is 1. The van der Waals surface area contributed by atoms with Crippen LogP contribution in [0.15, 0.2) is 4.99 Å². The van der Waals surface area contributed by atoms with Gasteiger partial charge in [-0.15, -0.1) is 0 Å². The zero-order valence-electron chi connectivity index (χ0n) is 13.3. The van der Waals surface area contributed by atoms with Crippen LogP contribution in [0.1, 0.15) is 26.7 Å². The summed E-state index contributed by atoms with van der Waals surface area (Å²) in [7, 11) is 1.61. The molecule has 1 atom stereocenters. The van der Waals surface area contributed by atoms with Crippen molar-refractivity contribution in [2.45, 2.75) is 31.4 Å². The third kappa shape index (κ3) is 7.57. The van der Waals surface area contributed by atoms with Crippen LogP contribution in [-0.2, 0) is 9.53 Å². The fraction of sp³-hybridized carbons (Fsp3) is 0.857. The maximum absolute atomic E-state index is 11.6. The molecule has 1 heterocycles. The number of carbonyl (C=O) groups is 1. The summed E-state index contributed by atoms with van der Waals surface area (Å²) < 4.78 is 5.16. The van der Waals surface area contributed by atoms with Crippen molar-refractivity contribution in [2.24, 2.45) is 4.99 Å². The second kappa shape index (κ2) is 9.89. The van der Waals surface area contributed by atoms with Crippen molar-refractivity contribution in [1.82, 2.24) is 16.0 Å². The Morgan fingerprint density at radius 1 is 1.38 bits per heavy atom. The highest BCUT2D eigenvalue weighted by Gasteiger charge is 2.29. The van der Waals surface area contributed by atoms with Crippen LogP contribution in [0.4, 0.5) is 0 Å². The van der Waals surface area contributed by atoms with Crippen molar-refractivity contribution in [2.75, 3.05) is 45.6 Å². The van der Waals surface area contributed by atoms with Gasteiger partial charge in [0.1, 0.15) is 6.54 Å². The number of amides is 1. The fourth-order valence-electron chi connectivity index (χ4n) is 2.09. The van der Waals surface area contributed by atoms with E-state index in [-0.39, 0.29) is 17.2 Å². The van der Waals surface area contributed by atoms with Gasteiger partial charge in [0.15, 0.2) is 5.96 Å². The van der Waals surface area contributed by atoms with E-state index in [0.717, 1.165) is 13.1 Å². The Balaban J connectivity index is 2.36. The number of guanidine groups is 1. The highest BCUT2D eigenvalue weighted by atomic mass is 32.2. The van der Waals surface area contributed by atoms with Gasteiger partial charge in [-0.1, -0.05) is 0 Å². The zero-order chi connectivity index (χ0) is 15.6. The lowest BCUT2D eigenvalue weighted by atomic mass is 10.1. The predicted molar refractivity (Wildman–Crippen MR) is 89.0 cm³/mol. The summed E-state index contributed by atoms with van der Waals surface area (Å²) in [4.78, 5) is 15.9. The molecule has 1 aliphatic rings. The Kier molecular flexibility index (Phi) is 8.52. The molecule has 1 rings (SSSR count). The number of thioether (sulfide) groups is 1. The van der Waals surface area contributed by atoms with Crippen LogP contribution in [0.2, 0.25) is 0 Å². The number of nitrogens with zero attached hydrogens (tertiary/aromatic N) is 1. The first kappa shape index (κ1) is 18.1. The maximum atomic E-state index is 11.6. The predicted octanol–water partition coefficient (Wildman–Crippen LogP) is 0.590. The number of hydrogen-bond donors (Lipinski definition) is 3. The first-order valence-electron chi connectivity index (χ1n) is 7.51. The summed E-state index contributed by atoms with van der Waals surface area (Å²) in [6, 6.07) is 0. The quantitative estimate of drug-likeness (QED) is 0.347. The topological polar surface area (TPSA) is 74.8 Å². The van der Waals surface area contributed by atoms with Gasteiger partial charge in [-0.05, 0) is 32.4 Å². The summed E-state index contributed by atoms with van der Waals surface area (Å²) in [5.41, 5.74) is 0. The SMILES string of the molecule is CCNC(=NCC(=O)NCCOC)NCC1(C)CCCS1. The molecule has 1 saturated heterocycles. The van der Waals surface area contributed by atoms with E-state index in [9.17, 15) is 4.79 Å². The molecule has 0 radical (unpaired) electrons. The average molecular weight is 316 g/mol. The van der Waals surface area contributed by atoms with Crippen LogP contribution >= 0.6 is 11.8 Å². The lowest BCUT2D eigenvalue weighted by Crippen LogP contribution is -2.44. The van der Waals surface area contributed by atoms with Gasteiger partial charge in [0.25, 0.3) is 0 Å². The summed E-state index contributed by atoms with van der Waals surface area (Å²) >= 11 is 2.00. The number of methoxy groups -OCH3 is 1. The van der Waals surface area contributed by atoms with Crippen LogP contribution in [-0.4, -0.2) is 62.3 Å². The van der Waals surface area contributed by atoms with Crippen molar-refractivity contribution in [3.8, 4) is 0 Å². The average Bonchev–Trinajstić information content (AvgIpc) is 2.89. The van der Waals surface area contributed by atoms with Crippen molar-refractivity contribution >= 4 is 23.6 Å². The molecule has 0 aromatic carbocycles. The van der Waals surface area contributed by atoms with Crippen LogP contribution in [0, 0.1) is 0 Å². The number of nitrogens with one attached hydrogen (secondary N) is 3. The van der Waals surface area contributed by atoms with Gasteiger partial charge >= 0.3 is 0 Å². The monoisotopic (exact) mass is 316 g/mol. The lowest BCUT2D eigenvalue weighted by Gasteiger charge is -2.24. The molecule has 3 N–H and O–H groups in total. The number of hydrogen-bond acceptors (Lipinski definition) is 4. The second-order valence-corrected chi connectivity index (χ2v) is 6.98. The van der Waals surface area contributed by atoms with Crippen LogP contribution < -0.4 is 16.0 Å². The smallest absolute Gasteiger partial charge is 0.241 e. The lowest BCUT2D eigenvalue weighted by molar-refractivity contribution is -0.119. The van der Waals surface area contributed by atoms with Gasteiger partial charge in [0.05, 0.1) is 6.61 Å². The second-order valence-electron chi connectivity index (χ2n) is 5.29. The third-order valence-electron chi connectivity index (χ3n) is 3.28. The Morgan fingerprint density at radius 2 is 2.19 bits per heavy atom. The fourth-order valence-corrected chi connectivity index (χ4v) is 3.33. The molecular weight excluding hydrogens is 288 g/mol. The molecule has 7 heteroatoms.